The lowest BCUT2D eigenvalue weighted by Crippen LogP contribution is -2.25. The molecule has 0 amide bonds. The van der Waals surface area contributed by atoms with Crippen molar-refractivity contribution in [1.29, 1.82) is 0 Å². The van der Waals surface area contributed by atoms with E-state index in [2.05, 4.69) is 36.2 Å². The Balaban J connectivity index is 2.16. The number of nitrogens with zero attached hydrogens (tertiary/aromatic N) is 1. The van der Waals surface area contributed by atoms with Gasteiger partial charge in [-0.3, -0.25) is 0 Å². The summed E-state index contributed by atoms with van der Waals surface area (Å²) in [5.41, 5.74) is 2.61. The summed E-state index contributed by atoms with van der Waals surface area (Å²) in [7, 11) is 2.03. The molecule has 2 nitrogen and oxygen atoms in total. The van der Waals surface area contributed by atoms with Gasteiger partial charge in [0, 0.05) is 23.8 Å². The van der Waals surface area contributed by atoms with E-state index in [0.29, 0.717) is 0 Å². The number of anilines is 1. The number of nitrogens with one attached hydrogen (secondary N) is 1. The van der Waals surface area contributed by atoms with Crippen LogP contribution in [0.15, 0.2) is 18.2 Å². The predicted octanol–water partition coefficient (Wildman–Crippen LogP) is 2.94. The highest BCUT2D eigenvalue weighted by molar-refractivity contribution is 6.30. The molecule has 17 heavy (non-hydrogen) atoms. The molecule has 0 bridgehead atoms. The third-order valence-electron chi connectivity index (χ3n) is 3.75. The lowest BCUT2D eigenvalue weighted by atomic mass is 9.98. The van der Waals surface area contributed by atoms with E-state index in [1.165, 1.54) is 11.3 Å². The Morgan fingerprint density at radius 1 is 1.41 bits per heavy atom. The number of rotatable bonds is 3. The van der Waals surface area contributed by atoms with E-state index in [9.17, 15) is 0 Å². The van der Waals surface area contributed by atoms with Crippen LogP contribution >= 0.6 is 11.6 Å². The summed E-state index contributed by atoms with van der Waals surface area (Å²) in [5.74, 6) is 1.47. The number of hydrogen-bond acceptors (Lipinski definition) is 2. The smallest absolute Gasteiger partial charge is 0.0426 e. The molecule has 0 radical (unpaired) electrons. The maximum atomic E-state index is 6.09. The Hall–Kier alpha value is -0.730. The highest BCUT2D eigenvalue weighted by Gasteiger charge is 2.29. The van der Waals surface area contributed by atoms with E-state index in [0.717, 1.165) is 36.5 Å². The van der Waals surface area contributed by atoms with Crippen molar-refractivity contribution >= 4 is 17.3 Å². The summed E-state index contributed by atoms with van der Waals surface area (Å²) >= 11 is 6.09. The molecule has 0 aromatic heterocycles. The zero-order chi connectivity index (χ0) is 12.4. The molecule has 0 aliphatic carbocycles. The molecule has 1 heterocycles. The molecule has 2 unspecified atom stereocenters. The van der Waals surface area contributed by atoms with Crippen molar-refractivity contribution in [2.24, 2.45) is 11.8 Å². The molecule has 1 aromatic carbocycles. The molecule has 3 heteroatoms. The van der Waals surface area contributed by atoms with Gasteiger partial charge >= 0.3 is 0 Å². The monoisotopic (exact) mass is 252 g/mol. The standard InChI is InChI=1S/C14H21ClN2/c1-10-4-5-13(15)6-14(10)17-8-11(2)12(9-17)7-16-3/h4-6,11-12,16H,7-9H2,1-3H3. The fourth-order valence-electron chi connectivity index (χ4n) is 2.68. The third kappa shape index (κ3) is 2.75. The van der Waals surface area contributed by atoms with E-state index < -0.39 is 0 Å². The fourth-order valence-corrected chi connectivity index (χ4v) is 2.85. The molecule has 1 fully saturated rings. The lowest BCUT2D eigenvalue weighted by Gasteiger charge is -2.21. The molecule has 1 aliphatic rings. The van der Waals surface area contributed by atoms with Gasteiger partial charge in [0.05, 0.1) is 0 Å². The number of halogens is 1. The summed E-state index contributed by atoms with van der Waals surface area (Å²) in [4.78, 5) is 2.47. The first-order chi connectivity index (χ1) is 8.11. The Bertz CT molecular complexity index is 392. The van der Waals surface area contributed by atoms with Gasteiger partial charge in [-0.25, -0.2) is 0 Å². The summed E-state index contributed by atoms with van der Waals surface area (Å²) < 4.78 is 0. The van der Waals surface area contributed by atoms with Crippen LogP contribution in [0, 0.1) is 18.8 Å². The van der Waals surface area contributed by atoms with Crippen LogP contribution in [0.4, 0.5) is 5.69 Å². The third-order valence-corrected chi connectivity index (χ3v) is 3.98. The van der Waals surface area contributed by atoms with E-state index in [4.69, 9.17) is 11.6 Å². The lowest BCUT2D eigenvalue weighted by molar-refractivity contribution is 0.435. The number of benzene rings is 1. The van der Waals surface area contributed by atoms with Crippen molar-refractivity contribution in [3.05, 3.63) is 28.8 Å². The summed E-state index contributed by atoms with van der Waals surface area (Å²) in [6.45, 7) is 7.84. The topological polar surface area (TPSA) is 15.3 Å². The molecule has 2 atom stereocenters. The van der Waals surface area contributed by atoms with E-state index >= 15 is 0 Å². The molecule has 0 spiro atoms. The Kier molecular flexibility index (Phi) is 3.95. The van der Waals surface area contributed by atoms with E-state index in [1.807, 2.05) is 13.1 Å². The minimum Gasteiger partial charge on any atom is -0.371 e. The zero-order valence-corrected chi connectivity index (χ0v) is 11.6. The van der Waals surface area contributed by atoms with Gasteiger partial charge in [-0.15, -0.1) is 0 Å². The van der Waals surface area contributed by atoms with Gasteiger partial charge in [0.25, 0.3) is 0 Å². The first-order valence-corrected chi connectivity index (χ1v) is 6.65. The first kappa shape index (κ1) is 12.7. The maximum Gasteiger partial charge on any atom is 0.0426 e. The Morgan fingerprint density at radius 3 is 2.88 bits per heavy atom. The van der Waals surface area contributed by atoms with Gasteiger partial charge < -0.3 is 10.2 Å². The Labute approximate surface area is 109 Å². The Morgan fingerprint density at radius 2 is 2.18 bits per heavy atom. The van der Waals surface area contributed by atoms with Crippen molar-refractivity contribution in [1.82, 2.24) is 5.32 Å². The van der Waals surface area contributed by atoms with Crippen molar-refractivity contribution in [3.63, 3.8) is 0 Å². The largest absolute Gasteiger partial charge is 0.371 e. The second-order valence-corrected chi connectivity index (χ2v) is 5.57. The van der Waals surface area contributed by atoms with Gasteiger partial charge in [-0.2, -0.15) is 0 Å². The van der Waals surface area contributed by atoms with Crippen molar-refractivity contribution in [3.8, 4) is 0 Å². The maximum absolute atomic E-state index is 6.09. The second-order valence-electron chi connectivity index (χ2n) is 5.13. The quantitative estimate of drug-likeness (QED) is 0.890. The molecule has 1 aliphatic heterocycles. The minimum atomic E-state index is 0.735. The van der Waals surface area contributed by atoms with Gasteiger partial charge in [-0.05, 0) is 50.0 Å². The van der Waals surface area contributed by atoms with Crippen LogP contribution in [0.3, 0.4) is 0 Å². The minimum absolute atomic E-state index is 0.735. The predicted molar refractivity (Wildman–Crippen MR) is 75.0 cm³/mol. The fraction of sp³-hybridized carbons (Fsp3) is 0.571. The van der Waals surface area contributed by atoms with Crippen molar-refractivity contribution in [2.45, 2.75) is 13.8 Å². The van der Waals surface area contributed by atoms with Crippen LogP contribution in [0.25, 0.3) is 0 Å². The zero-order valence-electron chi connectivity index (χ0n) is 10.8. The van der Waals surface area contributed by atoms with Crippen LogP contribution in [0.5, 0.6) is 0 Å². The number of hydrogen-bond donors (Lipinski definition) is 1. The van der Waals surface area contributed by atoms with Crippen LogP contribution in [-0.2, 0) is 0 Å². The van der Waals surface area contributed by atoms with Crippen LogP contribution < -0.4 is 10.2 Å². The molecule has 0 saturated carbocycles. The average Bonchev–Trinajstić information content (AvgIpc) is 2.64. The van der Waals surface area contributed by atoms with E-state index in [1.54, 1.807) is 0 Å². The highest BCUT2D eigenvalue weighted by Crippen LogP contribution is 2.31. The van der Waals surface area contributed by atoms with Crippen LogP contribution in [0.2, 0.25) is 5.02 Å². The molecule has 1 N–H and O–H groups in total. The molecular weight excluding hydrogens is 232 g/mol. The van der Waals surface area contributed by atoms with Crippen LogP contribution in [-0.4, -0.2) is 26.7 Å². The van der Waals surface area contributed by atoms with Crippen LogP contribution in [0.1, 0.15) is 12.5 Å². The van der Waals surface area contributed by atoms with Crippen molar-refractivity contribution in [2.75, 3.05) is 31.6 Å². The van der Waals surface area contributed by atoms with Gasteiger partial charge in [-0.1, -0.05) is 24.6 Å². The molecule has 1 saturated heterocycles. The highest BCUT2D eigenvalue weighted by atomic mass is 35.5. The SMILES string of the molecule is CNCC1CN(c2cc(Cl)ccc2C)CC1C. The van der Waals surface area contributed by atoms with E-state index in [-0.39, 0.29) is 0 Å². The van der Waals surface area contributed by atoms with Gasteiger partial charge in [0.15, 0.2) is 0 Å². The van der Waals surface area contributed by atoms with Gasteiger partial charge in [0.1, 0.15) is 0 Å². The summed E-state index contributed by atoms with van der Waals surface area (Å²) in [5, 5.41) is 4.11. The second kappa shape index (κ2) is 5.28. The molecule has 1 aromatic rings. The summed E-state index contributed by atoms with van der Waals surface area (Å²) in [6.07, 6.45) is 0. The molecule has 94 valence electrons. The molecular formula is C14H21ClN2. The summed E-state index contributed by atoms with van der Waals surface area (Å²) in [6, 6.07) is 6.16. The first-order valence-electron chi connectivity index (χ1n) is 6.27. The number of aryl methyl sites for hydroxylation is 1. The van der Waals surface area contributed by atoms with Crippen molar-refractivity contribution < 1.29 is 0 Å². The average molecular weight is 253 g/mol. The van der Waals surface area contributed by atoms with Gasteiger partial charge in [0.2, 0.25) is 0 Å². The molecule has 2 rings (SSSR count). The normalized spacial score (nSPS) is 24.4.